The first-order valence-corrected chi connectivity index (χ1v) is 6.70. The lowest BCUT2D eigenvalue weighted by atomic mass is 10.1. The molecule has 1 aliphatic rings. The number of nitrogens with zero attached hydrogens (tertiary/aromatic N) is 2. The highest BCUT2D eigenvalue weighted by Crippen LogP contribution is 2.38. The molecule has 0 atom stereocenters. The summed E-state index contributed by atoms with van der Waals surface area (Å²) in [6.45, 7) is 0.593. The first kappa shape index (κ1) is 13.1. The highest BCUT2D eigenvalue weighted by molar-refractivity contribution is 5.29. The summed E-state index contributed by atoms with van der Waals surface area (Å²) >= 11 is 0. The Morgan fingerprint density at radius 3 is 2.95 bits per heavy atom. The van der Waals surface area contributed by atoms with Gasteiger partial charge in [0.15, 0.2) is 18.2 Å². The number of aromatic nitrogens is 2. The summed E-state index contributed by atoms with van der Waals surface area (Å²) in [5.74, 6) is 1.29. The second kappa shape index (κ2) is 5.58. The van der Waals surface area contributed by atoms with Gasteiger partial charge in [-0.3, -0.25) is 0 Å². The van der Waals surface area contributed by atoms with Crippen molar-refractivity contribution < 1.29 is 13.7 Å². The van der Waals surface area contributed by atoms with Gasteiger partial charge in [-0.2, -0.15) is 4.98 Å². The van der Waals surface area contributed by atoms with Crippen molar-refractivity contribution in [2.45, 2.75) is 31.8 Å². The summed E-state index contributed by atoms with van der Waals surface area (Å²) in [6, 6.07) is 4.84. The van der Waals surface area contributed by atoms with Crippen molar-refractivity contribution in [2.24, 2.45) is 5.73 Å². The van der Waals surface area contributed by atoms with Crippen LogP contribution in [0.1, 0.15) is 36.0 Å². The maximum absolute atomic E-state index is 13.8. The van der Waals surface area contributed by atoms with E-state index in [0.29, 0.717) is 30.6 Å². The number of halogens is 1. The normalized spacial score (nSPS) is 14.5. The molecule has 1 aliphatic carbocycles. The summed E-state index contributed by atoms with van der Waals surface area (Å²) in [6.07, 6.45) is 2.84. The number of rotatable bonds is 6. The Labute approximate surface area is 115 Å². The molecule has 1 aromatic carbocycles. The Kier molecular flexibility index (Phi) is 3.64. The first-order valence-electron chi connectivity index (χ1n) is 6.70. The monoisotopic (exact) mass is 277 g/mol. The van der Waals surface area contributed by atoms with Gasteiger partial charge in [0.25, 0.3) is 0 Å². The van der Waals surface area contributed by atoms with Gasteiger partial charge in [-0.25, -0.2) is 4.39 Å². The SMILES string of the molecule is NCCc1ccc(OCc2noc(C3CC3)n2)c(F)c1. The third-order valence-electron chi connectivity index (χ3n) is 3.20. The van der Waals surface area contributed by atoms with Crippen molar-refractivity contribution in [3.05, 3.63) is 41.3 Å². The van der Waals surface area contributed by atoms with Crippen molar-refractivity contribution in [3.63, 3.8) is 0 Å². The van der Waals surface area contributed by atoms with E-state index in [-0.39, 0.29) is 12.4 Å². The molecule has 0 spiro atoms. The van der Waals surface area contributed by atoms with Crippen LogP contribution < -0.4 is 10.5 Å². The van der Waals surface area contributed by atoms with Crippen LogP contribution in [0.3, 0.4) is 0 Å². The summed E-state index contributed by atoms with van der Waals surface area (Å²) < 4.78 is 24.3. The van der Waals surface area contributed by atoms with E-state index in [0.717, 1.165) is 18.4 Å². The van der Waals surface area contributed by atoms with E-state index in [1.54, 1.807) is 12.1 Å². The third-order valence-corrected chi connectivity index (χ3v) is 3.20. The van der Waals surface area contributed by atoms with Crippen LogP contribution in [0.5, 0.6) is 5.75 Å². The molecule has 20 heavy (non-hydrogen) atoms. The maximum atomic E-state index is 13.8. The summed E-state index contributed by atoms with van der Waals surface area (Å²) in [5.41, 5.74) is 6.29. The molecule has 2 N–H and O–H groups in total. The molecule has 5 nitrogen and oxygen atoms in total. The lowest BCUT2D eigenvalue weighted by Gasteiger charge is -2.06. The second-order valence-electron chi connectivity index (χ2n) is 4.92. The van der Waals surface area contributed by atoms with Gasteiger partial charge in [0.2, 0.25) is 11.7 Å². The van der Waals surface area contributed by atoms with Gasteiger partial charge in [-0.1, -0.05) is 11.2 Å². The zero-order chi connectivity index (χ0) is 13.9. The standard InChI is InChI=1S/C14H16FN3O2/c15-11-7-9(5-6-16)1-4-12(11)19-8-13-17-14(20-18-13)10-2-3-10/h1,4,7,10H,2-3,5-6,8,16H2. The van der Waals surface area contributed by atoms with E-state index < -0.39 is 5.82 Å². The topological polar surface area (TPSA) is 74.2 Å². The zero-order valence-electron chi connectivity index (χ0n) is 11.0. The minimum absolute atomic E-state index is 0.101. The fraction of sp³-hybridized carbons (Fsp3) is 0.429. The molecular weight excluding hydrogens is 261 g/mol. The Morgan fingerprint density at radius 1 is 1.40 bits per heavy atom. The van der Waals surface area contributed by atoms with Gasteiger partial charge in [0.05, 0.1) is 0 Å². The number of hydrogen-bond acceptors (Lipinski definition) is 5. The van der Waals surface area contributed by atoms with Gasteiger partial charge in [0, 0.05) is 5.92 Å². The van der Waals surface area contributed by atoms with Gasteiger partial charge in [-0.15, -0.1) is 0 Å². The van der Waals surface area contributed by atoms with Gasteiger partial charge in [-0.05, 0) is 43.5 Å². The third kappa shape index (κ3) is 2.96. The van der Waals surface area contributed by atoms with E-state index in [1.165, 1.54) is 6.07 Å². The smallest absolute Gasteiger partial charge is 0.229 e. The van der Waals surface area contributed by atoms with Gasteiger partial charge in [0.1, 0.15) is 0 Å². The quantitative estimate of drug-likeness (QED) is 0.875. The second-order valence-corrected chi connectivity index (χ2v) is 4.92. The van der Waals surface area contributed by atoms with Crippen LogP contribution in [0.4, 0.5) is 4.39 Å². The zero-order valence-corrected chi connectivity index (χ0v) is 11.0. The van der Waals surface area contributed by atoms with E-state index in [4.69, 9.17) is 15.0 Å². The summed E-state index contributed by atoms with van der Waals surface area (Å²) in [4.78, 5) is 4.22. The molecule has 106 valence electrons. The van der Waals surface area contributed by atoms with Crippen LogP contribution in [0, 0.1) is 5.82 Å². The average molecular weight is 277 g/mol. The maximum Gasteiger partial charge on any atom is 0.229 e. The Balaban J connectivity index is 1.61. The largest absolute Gasteiger partial charge is 0.482 e. The van der Waals surface area contributed by atoms with Gasteiger partial charge >= 0.3 is 0 Å². The Bertz CT molecular complexity index is 596. The van der Waals surface area contributed by atoms with Crippen molar-refractivity contribution >= 4 is 0 Å². The number of benzene rings is 1. The number of nitrogens with two attached hydrogens (primary N) is 1. The van der Waals surface area contributed by atoms with Crippen molar-refractivity contribution in [3.8, 4) is 5.75 Å². The molecule has 3 rings (SSSR count). The molecule has 0 amide bonds. The highest BCUT2D eigenvalue weighted by Gasteiger charge is 2.29. The van der Waals surface area contributed by atoms with Crippen LogP contribution in [0.2, 0.25) is 0 Å². The minimum Gasteiger partial charge on any atom is -0.482 e. The van der Waals surface area contributed by atoms with Crippen LogP contribution in [0.25, 0.3) is 0 Å². The van der Waals surface area contributed by atoms with Crippen LogP contribution in [-0.2, 0) is 13.0 Å². The minimum atomic E-state index is -0.401. The molecule has 1 aromatic heterocycles. The molecule has 1 fully saturated rings. The molecule has 1 saturated carbocycles. The Morgan fingerprint density at radius 2 is 2.25 bits per heavy atom. The van der Waals surface area contributed by atoms with Crippen LogP contribution in [0.15, 0.2) is 22.7 Å². The molecule has 2 aromatic rings. The molecule has 1 heterocycles. The molecule has 6 heteroatoms. The highest BCUT2D eigenvalue weighted by atomic mass is 19.1. The number of ether oxygens (including phenoxy) is 1. The fourth-order valence-electron chi connectivity index (χ4n) is 1.95. The molecule has 0 radical (unpaired) electrons. The average Bonchev–Trinajstić information content (AvgIpc) is 3.18. The fourth-order valence-corrected chi connectivity index (χ4v) is 1.95. The molecule has 0 unspecified atom stereocenters. The lowest BCUT2D eigenvalue weighted by Crippen LogP contribution is -2.04. The molecule has 0 aliphatic heterocycles. The van der Waals surface area contributed by atoms with E-state index in [2.05, 4.69) is 10.1 Å². The molecular formula is C14H16FN3O2. The van der Waals surface area contributed by atoms with E-state index >= 15 is 0 Å². The predicted molar refractivity (Wildman–Crippen MR) is 69.8 cm³/mol. The van der Waals surface area contributed by atoms with Gasteiger partial charge < -0.3 is 15.0 Å². The summed E-state index contributed by atoms with van der Waals surface area (Å²) in [7, 11) is 0. The van der Waals surface area contributed by atoms with E-state index in [9.17, 15) is 4.39 Å². The Hall–Kier alpha value is -1.95. The lowest BCUT2D eigenvalue weighted by molar-refractivity contribution is 0.272. The first-order chi connectivity index (χ1) is 9.76. The number of hydrogen-bond donors (Lipinski definition) is 1. The van der Waals surface area contributed by atoms with E-state index in [1.807, 2.05) is 0 Å². The van der Waals surface area contributed by atoms with Crippen molar-refractivity contribution in [1.29, 1.82) is 0 Å². The molecule has 0 bridgehead atoms. The van der Waals surface area contributed by atoms with Crippen LogP contribution >= 0.6 is 0 Å². The van der Waals surface area contributed by atoms with Crippen molar-refractivity contribution in [2.75, 3.05) is 6.54 Å². The van der Waals surface area contributed by atoms with Crippen LogP contribution in [-0.4, -0.2) is 16.7 Å². The summed E-state index contributed by atoms with van der Waals surface area (Å²) in [5, 5.41) is 3.82. The molecule has 0 saturated heterocycles. The van der Waals surface area contributed by atoms with Crippen molar-refractivity contribution in [1.82, 2.24) is 10.1 Å². The predicted octanol–water partition coefficient (Wildman–Crippen LogP) is 2.17.